The average Bonchev–Trinajstić information content (AvgIpc) is 3.47. The zero-order valence-electron chi connectivity index (χ0n) is 23.9. The Bertz CT molecular complexity index is 1680. The third-order valence-corrected chi connectivity index (χ3v) is 9.44. The number of piperidine rings is 1. The van der Waals surface area contributed by atoms with Crippen LogP contribution >= 0.6 is 23.2 Å². The molecule has 0 saturated carbocycles. The molecule has 2 saturated heterocycles. The molecule has 2 aliphatic rings. The van der Waals surface area contributed by atoms with Gasteiger partial charge in [-0.2, -0.15) is 0 Å². The van der Waals surface area contributed by atoms with Crippen molar-refractivity contribution in [1.82, 2.24) is 0 Å². The fourth-order valence-electron chi connectivity index (χ4n) is 6.76. The van der Waals surface area contributed by atoms with E-state index in [1.54, 1.807) is 21.9 Å². The normalized spacial score (nSPS) is 20.0. The first kappa shape index (κ1) is 30.7. The topological polar surface area (TPSA) is 92.8 Å². The molecule has 1 unspecified atom stereocenters. The van der Waals surface area contributed by atoms with Gasteiger partial charge in [-0.1, -0.05) is 65.7 Å². The molecule has 2 aliphatic heterocycles. The van der Waals surface area contributed by atoms with Crippen molar-refractivity contribution in [1.29, 1.82) is 0 Å². The van der Waals surface area contributed by atoms with Crippen LogP contribution in [-0.4, -0.2) is 22.9 Å². The van der Waals surface area contributed by atoms with Crippen LogP contribution in [-0.2, 0) is 0 Å². The third-order valence-electron chi connectivity index (χ3n) is 8.80. The number of rotatable bonds is 7. The molecule has 8 nitrogen and oxygen atoms in total. The molecule has 2 fully saturated rings. The zero-order chi connectivity index (χ0) is 31.8. The van der Waals surface area contributed by atoms with Gasteiger partial charge in [0.05, 0.1) is 21.9 Å². The summed E-state index contributed by atoms with van der Waals surface area (Å²) in [6.45, 7) is 0.976. The Balaban J connectivity index is 1.41. The van der Waals surface area contributed by atoms with E-state index in [9.17, 15) is 20.2 Å². The van der Waals surface area contributed by atoms with Crippen LogP contribution in [0.1, 0.15) is 60.4 Å². The van der Waals surface area contributed by atoms with E-state index in [0.717, 1.165) is 18.4 Å². The van der Waals surface area contributed by atoms with Crippen molar-refractivity contribution in [3.63, 3.8) is 0 Å². The highest BCUT2D eigenvalue weighted by molar-refractivity contribution is 6.33. The first-order valence-electron chi connectivity index (χ1n) is 14.6. The summed E-state index contributed by atoms with van der Waals surface area (Å²) in [6, 6.07) is 20.3. The molecule has 232 valence electrons. The van der Waals surface area contributed by atoms with Crippen molar-refractivity contribution in [2.45, 2.75) is 43.7 Å². The van der Waals surface area contributed by atoms with Crippen LogP contribution in [0.5, 0.6) is 0 Å². The van der Waals surface area contributed by atoms with Gasteiger partial charge in [0, 0.05) is 36.8 Å². The lowest BCUT2D eigenvalue weighted by Gasteiger charge is -2.36. The molecule has 45 heavy (non-hydrogen) atoms. The van der Waals surface area contributed by atoms with E-state index >= 15 is 8.78 Å². The Kier molecular flexibility index (Phi) is 8.61. The summed E-state index contributed by atoms with van der Waals surface area (Å²) >= 11 is 12.2. The zero-order valence-corrected chi connectivity index (χ0v) is 25.4. The number of nitro benzene ring substituents is 2. The minimum atomic E-state index is -0.729. The summed E-state index contributed by atoms with van der Waals surface area (Å²) in [5.74, 6) is -1.33. The summed E-state index contributed by atoms with van der Waals surface area (Å²) in [5, 5.41) is 23.3. The molecule has 0 aliphatic carbocycles. The van der Waals surface area contributed by atoms with E-state index in [2.05, 4.69) is 0 Å². The Hall–Kier alpha value is -4.28. The molecule has 0 aromatic heterocycles. The van der Waals surface area contributed by atoms with E-state index in [4.69, 9.17) is 23.2 Å². The SMILES string of the molecule is O=[N+]([O-])c1cc([C@H]2CC[C@H](c3ccc(Cl)c([N+](=O)[O-])c3)N2c2cc(F)c(N3CCCC(c4ccccc4)C3)c(F)c2)ccc1Cl. The molecule has 6 rings (SSSR count). The number of benzene rings is 4. The molecule has 3 atom stereocenters. The second-order valence-electron chi connectivity index (χ2n) is 11.4. The van der Waals surface area contributed by atoms with Gasteiger partial charge in [-0.3, -0.25) is 20.2 Å². The minimum Gasteiger partial charge on any atom is -0.366 e. The van der Waals surface area contributed by atoms with Gasteiger partial charge < -0.3 is 9.80 Å². The first-order chi connectivity index (χ1) is 21.6. The molecule has 12 heteroatoms. The van der Waals surface area contributed by atoms with E-state index in [1.807, 2.05) is 30.3 Å². The third kappa shape index (κ3) is 6.04. The summed E-state index contributed by atoms with van der Waals surface area (Å²) in [5.41, 5.74) is 1.73. The number of halogens is 4. The van der Waals surface area contributed by atoms with Gasteiger partial charge >= 0.3 is 0 Å². The van der Waals surface area contributed by atoms with Crippen molar-refractivity contribution in [3.8, 4) is 0 Å². The van der Waals surface area contributed by atoms with Crippen molar-refractivity contribution >= 4 is 46.0 Å². The predicted molar refractivity (Wildman–Crippen MR) is 170 cm³/mol. The van der Waals surface area contributed by atoms with E-state index in [0.29, 0.717) is 37.1 Å². The van der Waals surface area contributed by atoms with E-state index in [-0.39, 0.29) is 38.7 Å². The number of anilines is 2. The maximum atomic E-state index is 16.1. The predicted octanol–water partition coefficient (Wildman–Crippen LogP) is 9.55. The Morgan fingerprint density at radius 2 is 1.24 bits per heavy atom. The van der Waals surface area contributed by atoms with Crippen LogP contribution < -0.4 is 9.80 Å². The molecule has 0 spiro atoms. The molecule has 2 heterocycles. The van der Waals surface area contributed by atoms with Crippen LogP contribution in [0, 0.1) is 31.9 Å². The van der Waals surface area contributed by atoms with Crippen LogP contribution in [0.3, 0.4) is 0 Å². The van der Waals surface area contributed by atoms with Crippen molar-refractivity contribution in [2.24, 2.45) is 0 Å². The highest BCUT2D eigenvalue weighted by Crippen LogP contribution is 2.49. The quantitative estimate of drug-likeness (QED) is 0.146. The summed E-state index contributed by atoms with van der Waals surface area (Å²) < 4.78 is 32.1. The number of nitrogens with zero attached hydrogens (tertiary/aromatic N) is 4. The average molecular weight is 654 g/mol. The van der Waals surface area contributed by atoms with Gasteiger partial charge in [-0.05, 0) is 66.6 Å². The standard InChI is InChI=1S/C33H28Cl2F2N4O4/c34-25-10-8-21(15-31(25)40(42)43)29-12-13-30(22-9-11-26(35)32(16-22)41(44)45)39(29)24-17-27(36)33(28(37)18-24)38-14-4-7-23(19-38)20-5-2-1-3-6-20/h1-3,5-6,8-11,15-18,23,29-30H,4,7,12-14,19H2/t23?,29-,30-/m1/s1. The molecular weight excluding hydrogens is 625 g/mol. The first-order valence-corrected chi connectivity index (χ1v) is 15.3. The summed E-state index contributed by atoms with van der Waals surface area (Å²) in [6.07, 6.45) is 2.60. The van der Waals surface area contributed by atoms with E-state index in [1.165, 1.54) is 36.4 Å². The lowest BCUT2D eigenvalue weighted by Crippen LogP contribution is -2.35. The monoisotopic (exact) mass is 652 g/mol. The Labute approximate surface area is 268 Å². The van der Waals surface area contributed by atoms with E-state index < -0.39 is 33.6 Å². The summed E-state index contributed by atoms with van der Waals surface area (Å²) in [7, 11) is 0. The molecule has 0 bridgehead atoms. The van der Waals surface area contributed by atoms with Crippen LogP contribution in [0.2, 0.25) is 10.0 Å². The van der Waals surface area contributed by atoms with Gasteiger partial charge in [-0.15, -0.1) is 0 Å². The second-order valence-corrected chi connectivity index (χ2v) is 12.2. The fourth-order valence-corrected chi connectivity index (χ4v) is 7.13. The van der Waals surface area contributed by atoms with Crippen LogP contribution in [0.15, 0.2) is 78.9 Å². The minimum absolute atomic E-state index is 0.0325. The molecule has 0 amide bonds. The lowest BCUT2D eigenvalue weighted by atomic mass is 9.90. The lowest BCUT2D eigenvalue weighted by molar-refractivity contribution is -0.384. The van der Waals surface area contributed by atoms with Gasteiger partial charge in [0.1, 0.15) is 15.7 Å². The number of nitro groups is 2. The molecule has 4 aromatic carbocycles. The van der Waals surface area contributed by atoms with Crippen LogP contribution in [0.4, 0.5) is 31.5 Å². The van der Waals surface area contributed by atoms with Gasteiger partial charge in [-0.25, -0.2) is 8.78 Å². The molecular formula is C33H28Cl2F2N4O4. The van der Waals surface area contributed by atoms with Gasteiger partial charge in [0.2, 0.25) is 0 Å². The molecule has 4 aromatic rings. The highest BCUT2D eigenvalue weighted by Gasteiger charge is 2.38. The molecule has 0 N–H and O–H groups in total. The van der Waals surface area contributed by atoms with Gasteiger partial charge in [0.15, 0.2) is 11.6 Å². The fraction of sp³-hybridized carbons (Fsp3) is 0.273. The maximum Gasteiger partial charge on any atom is 0.288 e. The van der Waals surface area contributed by atoms with Crippen LogP contribution in [0.25, 0.3) is 0 Å². The second kappa shape index (κ2) is 12.6. The number of hydrogen-bond acceptors (Lipinski definition) is 6. The number of hydrogen-bond donors (Lipinski definition) is 0. The largest absolute Gasteiger partial charge is 0.366 e. The summed E-state index contributed by atoms with van der Waals surface area (Å²) in [4.78, 5) is 25.7. The van der Waals surface area contributed by atoms with Crippen molar-refractivity contribution in [3.05, 3.63) is 137 Å². The Morgan fingerprint density at radius 1 is 0.711 bits per heavy atom. The van der Waals surface area contributed by atoms with Gasteiger partial charge in [0.25, 0.3) is 11.4 Å². The maximum absolute atomic E-state index is 16.1. The highest BCUT2D eigenvalue weighted by atomic mass is 35.5. The van der Waals surface area contributed by atoms with Crippen molar-refractivity contribution in [2.75, 3.05) is 22.9 Å². The molecule has 0 radical (unpaired) electrons. The van der Waals surface area contributed by atoms with Crippen molar-refractivity contribution < 1.29 is 18.6 Å². The Morgan fingerprint density at radius 3 is 1.76 bits per heavy atom. The smallest absolute Gasteiger partial charge is 0.288 e.